The van der Waals surface area contributed by atoms with E-state index in [1.54, 1.807) is 13.2 Å². The first kappa shape index (κ1) is 21.1. The number of aryl methyl sites for hydroxylation is 1. The number of aromatic nitrogens is 1. The van der Waals surface area contributed by atoms with Gasteiger partial charge in [0.15, 0.2) is 6.61 Å². The highest BCUT2D eigenvalue weighted by molar-refractivity contribution is 9.10. The number of hydrogen-bond donors (Lipinski definition) is 0. The zero-order valence-corrected chi connectivity index (χ0v) is 17.6. The number of halogens is 1. The lowest BCUT2D eigenvalue weighted by Crippen LogP contribution is -2.16. The minimum atomic E-state index is -0.548. The van der Waals surface area contributed by atoms with Gasteiger partial charge in [0, 0.05) is 34.6 Å². The average molecular weight is 434 g/mol. The molecule has 1 atom stereocenters. The number of hydrogen-bond acceptors (Lipinski definition) is 4. The summed E-state index contributed by atoms with van der Waals surface area (Å²) in [6.07, 6.45) is 2.97. The molecule has 0 aliphatic rings. The van der Waals surface area contributed by atoms with Gasteiger partial charge in [-0.05, 0) is 50.6 Å². The molecule has 0 bridgehead atoms. The molecule has 144 valence electrons. The van der Waals surface area contributed by atoms with Crippen LogP contribution in [0.3, 0.4) is 0 Å². The molecule has 1 aromatic carbocycles. The van der Waals surface area contributed by atoms with Crippen molar-refractivity contribution in [1.29, 1.82) is 0 Å². The fourth-order valence-electron chi connectivity index (χ4n) is 3.05. The molecule has 0 N–H and O–H groups in total. The van der Waals surface area contributed by atoms with Crippen molar-refractivity contribution in [2.24, 2.45) is 0 Å². The van der Waals surface area contributed by atoms with E-state index < -0.39 is 5.97 Å². The maximum Gasteiger partial charge on any atom is 0.331 e. The monoisotopic (exact) mass is 433 g/mol. The Bertz CT molecular complexity index is 837. The van der Waals surface area contributed by atoms with Gasteiger partial charge in [-0.3, -0.25) is 4.79 Å². The van der Waals surface area contributed by atoms with Crippen molar-refractivity contribution in [1.82, 2.24) is 4.57 Å². The second-order valence-electron chi connectivity index (χ2n) is 6.37. The Morgan fingerprint density at radius 2 is 1.89 bits per heavy atom. The van der Waals surface area contributed by atoms with Gasteiger partial charge in [-0.15, -0.1) is 0 Å². The van der Waals surface area contributed by atoms with Gasteiger partial charge in [-0.2, -0.15) is 0 Å². The minimum absolute atomic E-state index is 0.118. The summed E-state index contributed by atoms with van der Waals surface area (Å²) < 4.78 is 13.3. The van der Waals surface area contributed by atoms with Crippen molar-refractivity contribution in [2.75, 3.05) is 20.3 Å². The van der Waals surface area contributed by atoms with E-state index in [1.165, 1.54) is 6.08 Å². The molecular formula is C21H24BrNO4. The average Bonchev–Trinajstić information content (AvgIpc) is 2.93. The summed E-state index contributed by atoms with van der Waals surface area (Å²) in [4.78, 5) is 24.4. The molecule has 2 aromatic rings. The van der Waals surface area contributed by atoms with Crippen molar-refractivity contribution in [3.63, 3.8) is 0 Å². The van der Waals surface area contributed by atoms with Crippen LogP contribution in [0.5, 0.6) is 0 Å². The number of nitrogens with zero attached hydrogens (tertiary/aromatic N) is 1. The molecule has 2 rings (SSSR count). The SMILES string of the molecule is COCC(C)n1c(C)cc(C(=O)COC(=O)/C=C/c2ccc(Br)cc2)c1C. The first-order valence-corrected chi connectivity index (χ1v) is 9.43. The summed E-state index contributed by atoms with van der Waals surface area (Å²) in [6.45, 7) is 6.14. The molecular weight excluding hydrogens is 410 g/mol. The van der Waals surface area contributed by atoms with Gasteiger partial charge in [0.05, 0.1) is 12.6 Å². The van der Waals surface area contributed by atoms with Gasteiger partial charge in [0.2, 0.25) is 5.78 Å². The molecule has 27 heavy (non-hydrogen) atoms. The Balaban J connectivity index is 1.98. The van der Waals surface area contributed by atoms with Crippen LogP contribution < -0.4 is 0 Å². The lowest BCUT2D eigenvalue weighted by Gasteiger charge is -2.17. The van der Waals surface area contributed by atoms with Crippen molar-refractivity contribution in [2.45, 2.75) is 26.8 Å². The minimum Gasteiger partial charge on any atom is -0.454 e. The second-order valence-corrected chi connectivity index (χ2v) is 7.29. The Kier molecular flexibility index (Phi) is 7.56. The van der Waals surface area contributed by atoms with Gasteiger partial charge in [-0.1, -0.05) is 28.1 Å². The van der Waals surface area contributed by atoms with E-state index in [9.17, 15) is 9.59 Å². The van der Waals surface area contributed by atoms with Crippen LogP contribution in [0, 0.1) is 13.8 Å². The molecule has 1 unspecified atom stereocenters. The van der Waals surface area contributed by atoms with Gasteiger partial charge < -0.3 is 14.0 Å². The van der Waals surface area contributed by atoms with E-state index in [1.807, 2.05) is 51.1 Å². The highest BCUT2D eigenvalue weighted by atomic mass is 79.9. The third-order valence-corrected chi connectivity index (χ3v) is 4.79. The molecule has 0 aliphatic carbocycles. The molecule has 0 saturated carbocycles. The normalized spacial score (nSPS) is 12.3. The maximum absolute atomic E-state index is 12.5. The number of methoxy groups -OCH3 is 1. The summed E-state index contributed by atoms with van der Waals surface area (Å²) in [6, 6.07) is 9.45. The van der Waals surface area contributed by atoms with E-state index >= 15 is 0 Å². The van der Waals surface area contributed by atoms with Crippen molar-refractivity contribution >= 4 is 33.8 Å². The number of ketones is 1. The highest BCUT2D eigenvalue weighted by Gasteiger charge is 2.19. The van der Waals surface area contributed by atoms with E-state index in [-0.39, 0.29) is 18.4 Å². The Labute approximate surface area is 168 Å². The standard InChI is InChI=1S/C21H24BrNO4/c1-14-11-19(16(3)23(14)15(2)12-26-4)20(24)13-27-21(25)10-7-17-5-8-18(22)9-6-17/h5-11,15H,12-13H2,1-4H3/b10-7+. The molecule has 1 aromatic heterocycles. The van der Waals surface area contributed by atoms with Crippen LogP contribution in [-0.4, -0.2) is 36.6 Å². The van der Waals surface area contributed by atoms with Crippen LogP contribution in [0.1, 0.15) is 40.3 Å². The van der Waals surface area contributed by atoms with Gasteiger partial charge >= 0.3 is 5.97 Å². The fraction of sp³-hybridized carbons (Fsp3) is 0.333. The van der Waals surface area contributed by atoms with Gasteiger partial charge in [-0.25, -0.2) is 4.79 Å². The first-order valence-electron chi connectivity index (χ1n) is 8.64. The van der Waals surface area contributed by atoms with Crippen LogP contribution in [0.2, 0.25) is 0 Å². The van der Waals surface area contributed by atoms with Crippen LogP contribution in [-0.2, 0) is 14.3 Å². The second kappa shape index (κ2) is 9.67. The molecule has 0 fully saturated rings. The number of carbonyl (C=O) groups excluding carboxylic acids is 2. The van der Waals surface area contributed by atoms with Crippen molar-refractivity contribution in [3.05, 3.63) is 63.4 Å². The molecule has 0 amide bonds. The fourth-order valence-corrected chi connectivity index (χ4v) is 3.32. The van der Waals surface area contributed by atoms with E-state index in [0.717, 1.165) is 21.4 Å². The molecule has 5 nitrogen and oxygen atoms in total. The predicted octanol–water partition coefficient (Wildman–Crippen LogP) is 4.51. The predicted molar refractivity (Wildman–Crippen MR) is 109 cm³/mol. The Morgan fingerprint density at radius 1 is 1.22 bits per heavy atom. The number of Topliss-reactive ketones (excluding diaryl/α,β-unsaturated/α-hetero) is 1. The largest absolute Gasteiger partial charge is 0.454 e. The molecule has 0 spiro atoms. The van der Waals surface area contributed by atoms with Gasteiger partial charge in [0.1, 0.15) is 0 Å². The zero-order valence-electron chi connectivity index (χ0n) is 16.0. The lowest BCUT2D eigenvalue weighted by atomic mass is 10.1. The molecule has 0 saturated heterocycles. The van der Waals surface area contributed by atoms with Crippen LogP contribution in [0.4, 0.5) is 0 Å². The number of esters is 1. The smallest absolute Gasteiger partial charge is 0.331 e. The molecule has 0 radical (unpaired) electrons. The Morgan fingerprint density at radius 3 is 2.52 bits per heavy atom. The molecule has 0 aliphatic heterocycles. The summed E-state index contributed by atoms with van der Waals surface area (Å²) in [5, 5.41) is 0. The number of ether oxygens (including phenoxy) is 2. The third-order valence-electron chi connectivity index (χ3n) is 4.26. The van der Waals surface area contributed by atoms with Crippen LogP contribution >= 0.6 is 15.9 Å². The van der Waals surface area contributed by atoms with E-state index in [4.69, 9.17) is 9.47 Å². The summed E-state index contributed by atoms with van der Waals surface area (Å²) in [5.74, 6) is -0.766. The zero-order chi connectivity index (χ0) is 20.0. The summed E-state index contributed by atoms with van der Waals surface area (Å²) >= 11 is 3.36. The maximum atomic E-state index is 12.5. The van der Waals surface area contributed by atoms with Crippen LogP contribution in [0.15, 0.2) is 40.9 Å². The molecule has 6 heteroatoms. The third kappa shape index (κ3) is 5.65. The Hall–Kier alpha value is -2.18. The van der Waals surface area contributed by atoms with Crippen LogP contribution in [0.25, 0.3) is 6.08 Å². The van der Waals surface area contributed by atoms with Crippen molar-refractivity contribution < 1.29 is 19.1 Å². The number of carbonyl (C=O) groups is 2. The first-order chi connectivity index (χ1) is 12.8. The topological polar surface area (TPSA) is 57.5 Å². The number of benzene rings is 1. The number of rotatable bonds is 8. The lowest BCUT2D eigenvalue weighted by molar-refractivity contribution is -0.136. The van der Waals surface area contributed by atoms with E-state index in [2.05, 4.69) is 20.5 Å². The highest BCUT2D eigenvalue weighted by Crippen LogP contribution is 2.21. The summed E-state index contributed by atoms with van der Waals surface area (Å²) in [5.41, 5.74) is 3.27. The van der Waals surface area contributed by atoms with E-state index in [0.29, 0.717) is 12.2 Å². The van der Waals surface area contributed by atoms with Crippen molar-refractivity contribution in [3.8, 4) is 0 Å². The quantitative estimate of drug-likeness (QED) is 0.349. The van der Waals surface area contributed by atoms with Gasteiger partial charge in [0.25, 0.3) is 0 Å². The summed E-state index contributed by atoms with van der Waals surface area (Å²) in [7, 11) is 1.65. The molecule has 1 heterocycles.